The van der Waals surface area contributed by atoms with Crippen molar-refractivity contribution in [2.24, 2.45) is 0 Å². The van der Waals surface area contributed by atoms with Gasteiger partial charge >= 0.3 is 0 Å². The lowest BCUT2D eigenvalue weighted by atomic mass is 10.2. The van der Waals surface area contributed by atoms with Gasteiger partial charge in [0.15, 0.2) is 0 Å². The molecule has 0 aliphatic heterocycles. The van der Waals surface area contributed by atoms with Crippen LogP contribution in [0.5, 0.6) is 0 Å². The number of rotatable bonds is 3. The van der Waals surface area contributed by atoms with E-state index in [1.54, 1.807) is 12.1 Å². The lowest BCUT2D eigenvalue weighted by molar-refractivity contribution is 0.0941. The van der Waals surface area contributed by atoms with E-state index >= 15 is 0 Å². The summed E-state index contributed by atoms with van der Waals surface area (Å²) >= 11 is 0. The number of nitrogens with zero attached hydrogens (tertiary/aromatic N) is 2. The molecule has 0 aliphatic rings. The summed E-state index contributed by atoms with van der Waals surface area (Å²) in [4.78, 5) is 11.5. The summed E-state index contributed by atoms with van der Waals surface area (Å²) in [7, 11) is 0. The van der Waals surface area contributed by atoms with E-state index in [0.29, 0.717) is 0 Å². The molecule has 0 saturated heterocycles. The molecule has 0 atom stereocenters. The average molecular weight is 236 g/mol. The van der Waals surface area contributed by atoms with Crippen LogP contribution in [0, 0.1) is 5.82 Å². The van der Waals surface area contributed by atoms with Gasteiger partial charge in [0.1, 0.15) is 5.82 Å². The highest BCUT2D eigenvalue weighted by atomic mass is 19.1. The molecule has 1 amide bonds. The van der Waals surface area contributed by atoms with Gasteiger partial charge in [0.25, 0.3) is 5.91 Å². The molecular formula is C10H9FN4O2. The molecule has 7 heteroatoms. The first kappa shape index (κ1) is 11.1. The van der Waals surface area contributed by atoms with E-state index in [2.05, 4.69) is 20.3 Å². The Kier molecular flexibility index (Phi) is 2.99. The average Bonchev–Trinajstić information content (AvgIpc) is 2.74. The Balaban J connectivity index is 1.97. The van der Waals surface area contributed by atoms with E-state index in [1.807, 2.05) is 0 Å². The summed E-state index contributed by atoms with van der Waals surface area (Å²) in [6.07, 6.45) is 0. The lowest BCUT2D eigenvalue weighted by Crippen LogP contribution is -2.24. The van der Waals surface area contributed by atoms with Gasteiger partial charge in [0, 0.05) is 6.54 Å². The van der Waals surface area contributed by atoms with Crippen LogP contribution in [0.1, 0.15) is 16.1 Å². The number of halogens is 1. The van der Waals surface area contributed by atoms with Crippen LogP contribution >= 0.6 is 0 Å². The normalized spacial score (nSPS) is 10.2. The molecule has 0 bridgehead atoms. The zero-order chi connectivity index (χ0) is 12.3. The SMILES string of the molecule is Nc1nonc1C(=O)NCc1ccc(F)cc1. The largest absolute Gasteiger partial charge is 0.379 e. The number of hydrogen-bond donors (Lipinski definition) is 2. The number of carbonyl (C=O) groups is 1. The topological polar surface area (TPSA) is 94.0 Å². The molecular weight excluding hydrogens is 227 g/mol. The number of anilines is 1. The Morgan fingerprint density at radius 1 is 1.35 bits per heavy atom. The predicted octanol–water partition coefficient (Wildman–Crippen LogP) is 0.721. The van der Waals surface area contributed by atoms with E-state index < -0.39 is 5.91 Å². The Morgan fingerprint density at radius 2 is 2.06 bits per heavy atom. The van der Waals surface area contributed by atoms with Gasteiger partial charge < -0.3 is 11.1 Å². The fourth-order valence-electron chi connectivity index (χ4n) is 1.22. The second-order valence-electron chi connectivity index (χ2n) is 3.31. The molecule has 0 spiro atoms. The molecule has 1 aromatic heterocycles. The molecule has 2 aromatic rings. The van der Waals surface area contributed by atoms with Crippen LogP contribution in [-0.2, 0) is 6.54 Å². The highest BCUT2D eigenvalue weighted by Crippen LogP contribution is 2.05. The van der Waals surface area contributed by atoms with E-state index in [4.69, 9.17) is 5.73 Å². The number of nitrogens with one attached hydrogen (secondary N) is 1. The van der Waals surface area contributed by atoms with Crippen LogP contribution in [0.4, 0.5) is 10.2 Å². The maximum atomic E-state index is 12.6. The van der Waals surface area contributed by atoms with Gasteiger partial charge in [-0.3, -0.25) is 4.79 Å². The second-order valence-corrected chi connectivity index (χ2v) is 3.31. The molecule has 0 saturated carbocycles. The van der Waals surface area contributed by atoms with Crippen molar-refractivity contribution in [3.63, 3.8) is 0 Å². The minimum Gasteiger partial charge on any atom is -0.379 e. The molecule has 6 nitrogen and oxygen atoms in total. The third-order valence-electron chi connectivity index (χ3n) is 2.10. The zero-order valence-electron chi connectivity index (χ0n) is 8.68. The maximum Gasteiger partial charge on any atom is 0.277 e. The second kappa shape index (κ2) is 4.60. The van der Waals surface area contributed by atoms with Crippen molar-refractivity contribution >= 4 is 11.7 Å². The fraction of sp³-hybridized carbons (Fsp3) is 0.100. The number of nitrogen functional groups attached to an aromatic ring is 1. The Labute approximate surface area is 95.6 Å². The summed E-state index contributed by atoms with van der Waals surface area (Å²) in [5.41, 5.74) is 6.05. The van der Waals surface area contributed by atoms with Crippen molar-refractivity contribution < 1.29 is 13.8 Å². The number of aromatic nitrogens is 2. The smallest absolute Gasteiger partial charge is 0.277 e. The highest BCUT2D eigenvalue weighted by molar-refractivity contribution is 5.95. The monoisotopic (exact) mass is 236 g/mol. The van der Waals surface area contributed by atoms with E-state index in [-0.39, 0.29) is 23.9 Å². The first-order valence-electron chi connectivity index (χ1n) is 4.77. The van der Waals surface area contributed by atoms with Crippen molar-refractivity contribution in [2.75, 3.05) is 5.73 Å². The van der Waals surface area contributed by atoms with Gasteiger partial charge in [-0.2, -0.15) is 0 Å². The van der Waals surface area contributed by atoms with Gasteiger partial charge in [0.2, 0.25) is 11.5 Å². The molecule has 3 N–H and O–H groups in total. The molecule has 88 valence electrons. The molecule has 2 rings (SSSR count). The number of nitrogens with two attached hydrogens (primary N) is 1. The van der Waals surface area contributed by atoms with Crippen LogP contribution in [0.3, 0.4) is 0 Å². The minimum atomic E-state index is -0.493. The molecule has 17 heavy (non-hydrogen) atoms. The Morgan fingerprint density at radius 3 is 2.65 bits per heavy atom. The summed E-state index contributed by atoms with van der Waals surface area (Å²) in [6.45, 7) is 0.241. The zero-order valence-corrected chi connectivity index (χ0v) is 8.68. The van der Waals surface area contributed by atoms with Crippen molar-refractivity contribution in [1.29, 1.82) is 0 Å². The van der Waals surface area contributed by atoms with Gasteiger partial charge in [-0.15, -0.1) is 0 Å². The number of amides is 1. The van der Waals surface area contributed by atoms with E-state index in [9.17, 15) is 9.18 Å². The van der Waals surface area contributed by atoms with Crippen LogP contribution < -0.4 is 11.1 Å². The van der Waals surface area contributed by atoms with Crippen molar-refractivity contribution in [3.05, 3.63) is 41.3 Å². The third kappa shape index (κ3) is 2.57. The fourth-order valence-corrected chi connectivity index (χ4v) is 1.22. The maximum absolute atomic E-state index is 12.6. The van der Waals surface area contributed by atoms with Gasteiger partial charge in [0.05, 0.1) is 0 Å². The molecule has 0 unspecified atom stereocenters. The van der Waals surface area contributed by atoms with Gasteiger partial charge in [-0.05, 0) is 28.0 Å². The van der Waals surface area contributed by atoms with Crippen LogP contribution in [-0.4, -0.2) is 16.2 Å². The Hall–Kier alpha value is -2.44. The molecule has 0 radical (unpaired) electrons. The van der Waals surface area contributed by atoms with Gasteiger partial charge in [-0.1, -0.05) is 12.1 Å². The third-order valence-corrected chi connectivity index (χ3v) is 2.10. The molecule has 1 heterocycles. The van der Waals surface area contributed by atoms with Crippen LogP contribution in [0.2, 0.25) is 0 Å². The summed E-state index contributed by atoms with van der Waals surface area (Å²) in [6, 6.07) is 5.76. The summed E-state index contributed by atoms with van der Waals surface area (Å²) < 4.78 is 16.9. The van der Waals surface area contributed by atoms with Crippen molar-refractivity contribution in [3.8, 4) is 0 Å². The number of benzene rings is 1. The lowest BCUT2D eigenvalue weighted by Gasteiger charge is -2.02. The number of carbonyl (C=O) groups excluding carboxylic acids is 1. The van der Waals surface area contributed by atoms with Gasteiger partial charge in [-0.25, -0.2) is 9.02 Å². The van der Waals surface area contributed by atoms with E-state index in [0.717, 1.165) is 5.56 Å². The first-order chi connectivity index (χ1) is 8.16. The molecule has 1 aromatic carbocycles. The Bertz CT molecular complexity index is 523. The minimum absolute atomic E-state index is 0.0629. The van der Waals surface area contributed by atoms with Crippen molar-refractivity contribution in [1.82, 2.24) is 15.6 Å². The first-order valence-corrected chi connectivity index (χ1v) is 4.77. The summed E-state index contributed by atoms with van der Waals surface area (Å²) in [5.74, 6) is -0.889. The quantitative estimate of drug-likeness (QED) is 0.818. The standard InChI is InChI=1S/C10H9FN4O2/c11-7-3-1-6(2-4-7)5-13-10(16)8-9(12)15-17-14-8/h1-4H,5H2,(H2,12,15)(H,13,16). The predicted molar refractivity (Wildman–Crippen MR) is 56.3 cm³/mol. The van der Waals surface area contributed by atoms with Crippen molar-refractivity contribution in [2.45, 2.75) is 6.54 Å². The molecule has 0 fully saturated rings. The van der Waals surface area contributed by atoms with Crippen LogP contribution in [0.15, 0.2) is 28.9 Å². The van der Waals surface area contributed by atoms with E-state index in [1.165, 1.54) is 12.1 Å². The highest BCUT2D eigenvalue weighted by Gasteiger charge is 2.15. The summed E-state index contributed by atoms with van der Waals surface area (Å²) in [5, 5.41) is 9.20. The molecule has 0 aliphatic carbocycles. The number of hydrogen-bond acceptors (Lipinski definition) is 5. The van der Waals surface area contributed by atoms with Crippen LogP contribution in [0.25, 0.3) is 0 Å².